The fraction of sp³-hybridized carbons (Fsp3) is 0.778. The minimum atomic E-state index is -1.08. The van der Waals surface area contributed by atoms with E-state index in [-0.39, 0.29) is 24.2 Å². The van der Waals surface area contributed by atoms with Crippen LogP contribution < -0.4 is 10.6 Å². The van der Waals surface area contributed by atoms with Gasteiger partial charge in [0.15, 0.2) is 0 Å². The van der Waals surface area contributed by atoms with E-state index >= 15 is 0 Å². The van der Waals surface area contributed by atoms with Crippen LogP contribution in [0.15, 0.2) is 30.3 Å². The Morgan fingerprint density at radius 3 is 2.24 bits per heavy atom. The lowest BCUT2D eigenvalue weighted by molar-refractivity contribution is -0.133. The lowest BCUT2D eigenvalue weighted by atomic mass is 9.82. The number of likely N-dealkylation sites (tertiary alicyclic amines) is 1. The smallest absolute Gasteiger partial charge is 0.242 e. The van der Waals surface area contributed by atoms with Crippen molar-refractivity contribution in [1.82, 2.24) is 20.4 Å². The molecule has 2 amide bonds. The van der Waals surface area contributed by atoms with Gasteiger partial charge in [-0.05, 0) is 76.1 Å². The van der Waals surface area contributed by atoms with Gasteiger partial charge >= 0.3 is 0 Å². The number of carbonyl (C=O) groups excluding carboxylic acids is 2. The summed E-state index contributed by atoms with van der Waals surface area (Å²) in [6.07, 6.45) is 6.94. The Morgan fingerprint density at radius 2 is 1.64 bits per heavy atom. The molecule has 45 heavy (non-hydrogen) atoms. The van der Waals surface area contributed by atoms with Crippen molar-refractivity contribution in [3.05, 3.63) is 35.9 Å². The molecule has 5 N–H and O–H groups in total. The number of benzene rings is 1. The normalized spacial score (nSPS) is 20.2. The maximum absolute atomic E-state index is 13.9. The Bertz CT molecular complexity index is 985. The topological polar surface area (TPSA) is 125 Å². The number of aliphatic hydroxyl groups is 3. The van der Waals surface area contributed by atoms with Crippen molar-refractivity contribution in [1.29, 1.82) is 0 Å². The first-order valence-electron chi connectivity index (χ1n) is 17.7. The van der Waals surface area contributed by atoms with Crippen LogP contribution in [-0.4, -0.2) is 101 Å². The third kappa shape index (κ3) is 12.9. The number of carbonyl (C=O) groups is 2. The van der Waals surface area contributed by atoms with Crippen molar-refractivity contribution in [2.45, 2.75) is 128 Å². The summed E-state index contributed by atoms with van der Waals surface area (Å²) in [4.78, 5) is 31.9. The summed E-state index contributed by atoms with van der Waals surface area (Å²) in [6, 6.07) is 8.43. The lowest BCUT2D eigenvalue weighted by Gasteiger charge is -2.34. The van der Waals surface area contributed by atoms with Gasteiger partial charge in [0.1, 0.15) is 18.4 Å². The summed E-state index contributed by atoms with van der Waals surface area (Å²) in [6.45, 7) is 9.79. The van der Waals surface area contributed by atoms with E-state index in [0.717, 1.165) is 57.4 Å². The number of hydrogen-bond acceptors (Lipinski definition) is 7. The minimum absolute atomic E-state index is 0.208. The van der Waals surface area contributed by atoms with E-state index in [9.17, 15) is 24.9 Å². The molecule has 1 aliphatic heterocycles. The van der Waals surface area contributed by atoms with Crippen LogP contribution in [0.5, 0.6) is 0 Å². The molecule has 9 heteroatoms. The Hall–Kier alpha value is -2.04. The van der Waals surface area contributed by atoms with Crippen molar-refractivity contribution < 1.29 is 24.9 Å². The summed E-state index contributed by atoms with van der Waals surface area (Å²) in [7, 11) is 1.89. The van der Waals surface area contributed by atoms with Crippen molar-refractivity contribution in [3.63, 3.8) is 0 Å². The molecule has 256 valence electrons. The largest absolute Gasteiger partial charge is 0.390 e. The summed E-state index contributed by atoms with van der Waals surface area (Å²) in [5.74, 6) is -0.518. The van der Waals surface area contributed by atoms with Crippen LogP contribution in [0, 0.1) is 17.8 Å². The highest BCUT2D eigenvalue weighted by Gasteiger charge is 2.34. The zero-order valence-corrected chi connectivity index (χ0v) is 28.4. The lowest BCUT2D eigenvalue weighted by Crippen LogP contribution is -2.56. The first-order chi connectivity index (χ1) is 21.6. The molecule has 1 aromatic rings. The van der Waals surface area contributed by atoms with Crippen molar-refractivity contribution in [2.24, 2.45) is 17.8 Å². The van der Waals surface area contributed by atoms with Gasteiger partial charge in [0, 0.05) is 19.0 Å². The molecular formula is C36H62N4O5. The average Bonchev–Trinajstić information content (AvgIpc) is 2.99. The van der Waals surface area contributed by atoms with E-state index in [2.05, 4.69) is 15.5 Å². The molecule has 0 bridgehead atoms. The Balaban J connectivity index is 1.71. The highest BCUT2D eigenvalue weighted by atomic mass is 16.3. The number of hydrogen-bond donors (Lipinski definition) is 5. The van der Waals surface area contributed by atoms with Crippen LogP contribution in [0.3, 0.4) is 0 Å². The standard InChI is InChI=1S/C36H62N4O5/c1-5-13-30(36(45)38-31(24-28-16-10-7-11-17-28)34(43)32(41)22-26(2)3)37-35(44)29(23-27-14-8-6-9-15-27)25-33(42)39(4)20-21-40-18-12-19-40/h6,8-9,14-15,26,28-34,41-43H,5,7,10-13,16-25H2,1-4H3,(H,37,44)(H,38,45)/t29?,30-,31-,32-,33?,34+/m0/s1. The maximum atomic E-state index is 13.9. The molecule has 1 saturated carbocycles. The second kappa shape index (κ2) is 19.6. The summed E-state index contributed by atoms with van der Waals surface area (Å²) >= 11 is 0. The fourth-order valence-corrected chi connectivity index (χ4v) is 6.76. The SMILES string of the molecule is CCC[C@H](NC(=O)C(Cc1ccccc1)CC(O)N(C)CCN1CCC1)C(=O)N[C@@H](CC1CCCCC1)[C@@H](O)[C@@H](O)CC(C)C. The van der Waals surface area contributed by atoms with Gasteiger partial charge in [0.05, 0.1) is 12.1 Å². The summed E-state index contributed by atoms with van der Waals surface area (Å²) in [5.41, 5.74) is 0.999. The van der Waals surface area contributed by atoms with E-state index in [0.29, 0.717) is 38.0 Å². The number of nitrogens with zero attached hydrogens (tertiary/aromatic N) is 2. The van der Waals surface area contributed by atoms with Crippen LogP contribution in [0.4, 0.5) is 0 Å². The number of nitrogens with one attached hydrogen (secondary N) is 2. The Kier molecular flexibility index (Phi) is 16.3. The minimum Gasteiger partial charge on any atom is -0.390 e. The average molecular weight is 631 g/mol. The fourth-order valence-electron chi connectivity index (χ4n) is 6.76. The predicted octanol–water partition coefficient (Wildman–Crippen LogP) is 3.70. The van der Waals surface area contributed by atoms with Gasteiger partial charge < -0.3 is 30.9 Å². The molecule has 2 fully saturated rings. The second-order valence-electron chi connectivity index (χ2n) is 14.2. The quantitative estimate of drug-likeness (QED) is 0.139. The van der Waals surface area contributed by atoms with Gasteiger partial charge in [-0.2, -0.15) is 0 Å². The first kappa shape index (κ1) is 37.4. The van der Waals surface area contributed by atoms with E-state index in [4.69, 9.17) is 0 Å². The van der Waals surface area contributed by atoms with Gasteiger partial charge in [0.25, 0.3) is 0 Å². The van der Waals surface area contributed by atoms with Crippen LogP contribution in [-0.2, 0) is 16.0 Å². The zero-order chi connectivity index (χ0) is 32.8. The molecule has 1 heterocycles. The summed E-state index contributed by atoms with van der Waals surface area (Å²) in [5, 5.41) is 39.2. The van der Waals surface area contributed by atoms with Crippen LogP contribution in [0.25, 0.3) is 0 Å². The van der Waals surface area contributed by atoms with E-state index in [1.54, 1.807) is 0 Å². The highest BCUT2D eigenvalue weighted by Crippen LogP contribution is 2.29. The molecule has 1 saturated heterocycles. The van der Waals surface area contributed by atoms with Gasteiger partial charge in [-0.15, -0.1) is 0 Å². The maximum Gasteiger partial charge on any atom is 0.242 e. The number of likely N-dealkylation sites (N-methyl/N-ethyl adjacent to an activating group) is 1. The predicted molar refractivity (Wildman–Crippen MR) is 179 cm³/mol. The molecular weight excluding hydrogens is 568 g/mol. The zero-order valence-electron chi connectivity index (χ0n) is 28.4. The molecule has 1 aliphatic carbocycles. The van der Waals surface area contributed by atoms with Gasteiger partial charge in [-0.25, -0.2) is 0 Å². The Morgan fingerprint density at radius 1 is 0.956 bits per heavy atom. The van der Waals surface area contributed by atoms with Gasteiger partial charge in [0.2, 0.25) is 11.8 Å². The summed E-state index contributed by atoms with van der Waals surface area (Å²) < 4.78 is 0. The van der Waals surface area contributed by atoms with Gasteiger partial charge in [-0.1, -0.05) is 89.6 Å². The van der Waals surface area contributed by atoms with Crippen LogP contribution in [0.1, 0.15) is 97.0 Å². The molecule has 0 aromatic heterocycles. The van der Waals surface area contributed by atoms with E-state index in [1.807, 2.05) is 63.1 Å². The van der Waals surface area contributed by atoms with E-state index < -0.39 is 36.4 Å². The monoisotopic (exact) mass is 630 g/mol. The number of amides is 2. The third-order valence-electron chi connectivity index (χ3n) is 9.79. The Labute approximate surface area is 272 Å². The van der Waals surface area contributed by atoms with E-state index in [1.165, 1.54) is 12.8 Å². The molecule has 0 spiro atoms. The van der Waals surface area contributed by atoms with Crippen molar-refractivity contribution in [3.8, 4) is 0 Å². The molecule has 3 rings (SSSR count). The van der Waals surface area contributed by atoms with Crippen molar-refractivity contribution in [2.75, 3.05) is 33.2 Å². The molecule has 9 nitrogen and oxygen atoms in total. The van der Waals surface area contributed by atoms with Crippen LogP contribution in [0.2, 0.25) is 0 Å². The third-order valence-corrected chi connectivity index (χ3v) is 9.79. The molecule has 1 aromatic carbocycles. The molecule has 2 unspecified atom stereocenters. The highest BCUT2D eigenvalue weighted by molar-refractivity contribution is 5.88. The molecule has 2 aliphatic rings. The van der Waals surface area contributed by atoms with Crippen LogP contribution >= 0.6 is 0 Å². The number of aliphatic hydroxyl groups excluding tert-OH is 3. The second-order valence-corrected chi connectivity index (χ2v) is 14.2. The molecule has 6 atom stereocenters. The molecule has 0 radical (unpaired) electrons. The number of rotatable bonds is 20. The van der Waals surface area contributed by atoms with Crippen molar-refractivity contribution >= 4 is 11.8 Å². The van der Waals surface area contributed by atoms with Gasteiger partial charge in [-0.3, -0.25) is 14.5 Å². The first-order valence-corrected chi connectivity index (χ1v) is 17.7.